The number of hydrogen-bond donors (Lipinski definition) is 2. The van der Waals surface area contributed by atoms with Gasteiger partial charge >= 0.3 is 12.2 Å². The summed E-state index contributed by atoms with van der Waals surface area (Å²) in [4.78, 5) is 12.4. The van der Waals surface area contributed by atoms with Gasteiger partial charge in [-0.05, 0) is 66.7 Å². The van der Waals surface area contributed by atoms with Crippen LogP contribution in [0.2, 0.25) is 0 Å². The van der Waals surface area contributed by atoms with Crippen molar-refractivity contribution in [1.29, 1.82) is 0 Å². The van der Waals surface area contributed by atoms with Gasteiger partial charge in [0, 0.05) is 11.9 Å². The van der Waals surface area contributed by atoms with Crippen molar-refractivity contribution in [1.82, 2.24) is 0 Å². The summed E-state index contributed by atoms with van der Waals surface area (Å²) >= 11 is 0. The van der Waals surface area contributed by atoms with Crippen LogP contribution in [0.3, 0.4) is 0 Å². The topological polar surface area (TPSA) is 93.7 Å². The Hall–Kier alpha value is -3.73. The Balaban J connectivity index is 1.65. The molecule has 174 valence electrons. The van der Waals surface area contributed by atoms with Gasteiger partial charge in [-0.2, -0.15) is 13.2 Å². The number of amides is 2. The highest BCUT2D eigenvalue weighted by Gasteiger charge is 2.31. The second kappa shape index (κ2) is 9.41. The molecule has 3 rings (SSSR count). The molecule has 0 aromatic heterocycles. The van der Waals surface area contributed by atoms with E-state index in [1.165, 1.54) is 43.5 Å². The molecular weight excluding hydrogens is 461 g/mol. The van der Waals surface area contributed by atoms with E-state index in [2.05, 4.69) is 10.6 Å². The molecule has 2 N–H and O–H groups in total. The molecule has 3 aromatic carbocycles. The number of urea groups is 1. The molecule has 0 radical (unpaired) electrons. The van der Waals surface area contributed by atoms with Gasteiger partial charge in [0.25, 0.3) is 0 Å². The standard InChI is InChI=1S/C22H19F3N2O5S/c1-31-20-12-3-14(22(23,24)25)13-19(20)27-21(28)26-15-4-6-16(7-5-15)32-17-8-10-18(11-9-17)33(2,29)30/h3-13H,1-2H3,(H2,26,27,28). The minimum Gasteiger partial charge on any atom is -0.495 e. The van der Waals surface area contributed by atoms with E-state index < -0.39 is 27.6 Å². The second-order valence-corrected chi connectivity index (χ2v) is 8.88. The van der Waals surface area contributed by atoms with Gasteiger partial charge in [0.05, 0.1) is 23.3 Å². The van der Waals surface area contributed by atoms with E-state index >= 15 is 0 Å². The fourth-order valence-electron chi connectivity index (χ4n) is 2.76. The van der Waals surface area contributed by atoms with Crippen molar-refractivity contribution in [2.75, 3.05) is 24.0 Å². The van der Waals surface area contributed by atoms with E-state index in [-0.39, 0.29) is 16.3 Å². The summed E-state index contributed by atoms with van der Waals surface area (Å²) in [6, 6.07) is 14.0. The van der Waals surface area contributed by atoms with Crippen molar-refractivity contribution in [3.05, 3.63) is 72.3 Å². The third kappa shape index (κ3) is 6.39. The summed E-state index contributed by atoms with van der Waals surface area (Å²) in [5, 5.41) is 4.84. The normalized spacial score (nSPS) is 11.5. The molecule has 0 aliphatic rings. The number of carbonyl (C=O) groups is 1. The maximum Gasteiger partial charge on any atom is 0.416 e. The molecule has 0 saturated heterocycles. The zero-order chi connectivity index (χ0) is 24.2. The summed E-state index contributed by atoms with van der Waals surface area (Å²) in [6.45, 7) is 0. The Morgan fingerprint density at radius 1 is 0.879 bits per heavy atom. The Morgan fingerprint density at radius 2 is 1.45 bits per heavy atom. The van der Waals surface area contributed by atoms with Crippen molar-refractivity contribution in [3.8, 4) is 17.2 Å². The van der Waals surface area contributed by atoms with Crippen LogP contribution in [0.25, 0.3) is 0 Å². The number of methoxy groups -OCH3 is 1. The summed E-state index contributed by atoms with van der Waals surface area (Å²) in [7, 11) is -2.03. The van der Waals surface area contributed by atoms with Crippen LogP contribution in [-0.2, 0) is 16.0 Å². The van der Waals surface area contributed by atoms with Crippen LogP contribution in [0, 0.1) is 0 Å². The summed E-state index contributed by atoms with van der Waals surface area (Å²) < 4.78 is 72.5. The molecular formula is C22H19F3N2O5S. The molecule has 0 bridgehead atoms. The first kappa shape index (κ1) is 23.9. The van der Waals surface area contributed by atoms with Crippen molar-refractivity contribution in [3.63, 3.8) is 0 Å². The van der Waals surface area contributed by atoms with Gasteiger partial charge in [0.2, 0.25) is 0 Å². The Labute approximate surface area is 188 Å². The van der Waals surface area contributed by atoms with Gasteiger partial charge in [-0.15, -0.1) is 0 Å². The zero-order valence-electron chi connectivity index (χ0n) is 17.4. The number of sulfone groups is 1. The number of hydrogen-bond acceptors (Lipinski definition) is 5. The van der Waals surface area contributed by atoms with E-state index in [1.54, 1.807) is 12.1 Å². The van der Waals surface area contributed by atoms with Gasteiger partial charge in [-0.3, -0.25) is 0 Å². The minimum absolute atomic E-state index is 0.0730. The van der Waals surface area contributed by atoms with E-state index in [0.29, 0.717) is 17.2 Å². The van der Waals surface area contributed by atoms with Crippen LogP contribution < -0.4 is 20.1 Å². The lowest BCUT2D eigenvalue weighted by Gasteiger charge is -2.14. The third-order valence-electron chi connectivity index (χ3n) is 4.37. The lowest BCUT2D eigenvalue weighted by atomic mass is 10.2. The van der Waals surface area contributed by atoms with E-state index in [1.807, 2.05) is 0 Å². The largest absolute Gasteiger partial charge is 0.495 e. The first-order valence-electron chi connectivity index (χ1n) is 9.37. The first-order valence-corrected chi connectivity index (χ1v) is 11.3. The molecule has 0 saturated carbocycles. The van der Waals surface area contributed by atoms with Gasteiger partial charge < -0.3 is 20.1 Å². The maximum atomic E-state index is 12.9. The fourth-order valence-corrected chi connectivity index (χ4v) is 3.39. The van der Waals surface area contributed by atoms with Gasteiger partial charge in [-0.1, -0.05) is 0 Å². The number of nitrogens with one attached hydrogen (secondary N) is 2. The van der Waals surface area contributed by atoms with Crippen LogP contribution in [0.5, 0.6) is 17.2 Å². The Morgan fingerprint density at radius 3 is 1.97 bits per heavy atom. The zero-order valence-corrected chi connectivity index (χ0v) is 18.3. The van der Waals surface area contributed by atoms with Crippen LogP contribution in [-0.4, -0.2) is 27.8 Å². The molecule has 0 heterocycles. The highest BCUT2D eigenvalue weighted by molar-refractivity contribution is 7.90. The molecule has 0 spiro atoms. The Bertz CT molecular complexity index is 1240. The monoisotopic (exact) mass is 480 g/mol. The Kier molecular flexibility index (Phi) is 6.82. The SMILES string of the molecule is COc1ccc(C(F)(F)F)cc1NC(=O)Nc1ccc(Oc2ccc(S(C)(=O)=O)cc2)cc1. The molecule has 7 nitrogen and oxygen atoms in total. The van der Waals surface area contributed by atoms with Gasteiger partial charge in [0.15, 0.2) is 9.84 Å². The summed E-state index contributed by atoms with van der Waals surface area (Å²) in [6.07, 6.45) is -3.46. The molecule has 0 aliphatic heterocycles. The predicted octanol–water partition coefficient (Wildman–Crippen LogP) is 5.55. The number of halogens is 3. The average molecular weight is 480 g/mol. The van der Waals surface area contributed by atoms with Crippen molar-refractivity contribution in [2.24, 2.45) is 0 Å². The van der Waals surface area contributed by atoms with Crippen LogP contribution >= 0.6 is 0 Å². The number of carbonyl (C=O) groups excluding carboxylic acids is 1. The smallest absolute Gasteiger partial charge is 0.416 e. The predicted molar refractivity (Wildman–Crippen MR) is 117 cm³/mol. The molecule has 2 amide bonds. The molecule has 0 fully saturated rings. The van der Waals surface area contributed by atoms with Crippen LogP contribution in [0.15, 0.2) is 71.6 Å². The van der Waals surface area contributed by atoms with Gasteiger partial charge in [0.1, 0.15) is 17.2 Å². The average Bonchev–Trinajstić information content (AvgIpc) is 2.74. The van der Waals surface area contributed by atoms with Crippen molar-refractivity contribution < 1.29 is 35.9 Å². The van der Waals surface area contributed by atoms with Crippen LogP contribution in [0.1, 0.15) is 5.56 Å². The minimum atomic E-state index is -4.57. The third-order valence-corrected chi connectivity index (χ3v) is 5.50. The number of alkyl halides is 3. The van der Waals surface area contributed by atoms with E-state index in [0.717, 1.165) is 24.5 Å². The van der Waals surface area contributed by atoms with E-state index in [4.69, 9.17) is 9.47 Å². The molecule has 0 unspecified atom stereocenters. The second-order valence-electron chi connectivity index (χ2n) is 6.86. The van der Waals surface area contributed by atoms with Gasteiger partial charge in [-0.25, -0.2) is 13.2 Å². The van der Waals surface area contributed by atoms with Crippen molar-refractivity contribution in [2.45, 2.75) is 11.1 Å². The van der Waals surface area contributed by atoms with E-state index in [9.17, 15) is 26.4 Å². The number of rotatable bonds is 6. The number of anilines is 2. The summed E-state index contributed by atoms with van der Waals surface area (Å²) in [5.41, 5.74) is -0.704. The first-order chi connectivity index (χ1) is 15.5. The molecule has 0 aliphatic carbocycles. The molecule has 11 heteroatoms. The fraction of sp³-hybridized carbons (Fsp3) is 0.136. The quantitative estimate of drug-likeness (QED) is 0.482. The van der Waals surface area contributed by atoms with Crippen LogP contribution in [0.4, 0.5) is 29.3 Å². The molecule has 33 heavy (non-hydrogen) atoms. The van der Waals surface area contributed by atoms with Crippen molar-refractivity contribution >= 4 is 27.2 Å². The number of benzene rings is 3. The molecule has 3 aromatic rings. The lowest BCUT2D eigenvalue weighted by molar-refractivity contribution is -0.137. The summed E-state index contributed by atoms with van der Waals surface area (Å²) in [5.74, 6) is 0.911. The molecule has 0 atom stereocenters. The number of ether oxygens (including phenoxy) is 2. The maximum absolute atomic E-state index is 12.9. The lowest BCUT2D eigenvalue weighted by Crippen LogP contribution is -2.20. The highest BCUT2D eigenvalue weighted by Crippen LogP contribution is 2.35. The highest BCUT2D eigenvalue weighted by atomic mass is 32.2.